The molecule has 0 heterocycles. The van der Waals surface area contributed by atoms with Crippen molar-refractivity contribution in [1.29, 1.82) is 0 Å². The van der Waals surface area contributed by atoms with Crippen molar-refractivity contribution in [2.75, 3.05) is 0 Å². The molecule has 0 amide bonds. The summed E-state index contributed by atoms with van der Waals surface area (Å²) >= 11 is 3.17. The van der Waals surface area contributed by atoms with E-state index in [2.05, 4.69) is 15.9 Å². The molecule has 0 aliphatic heterocycles. The van der Waals surface area contributed by atoms with Crippen molar-refractivity contribution in [3.8, 4) is 5.75 Å². The Kier molecular flexibility index (Phi) is 6.29. The minimum atomic E-state index is -0.695. The third kappa shape index (κ3) is 4.96. The molecule has 3 rings (SSSR count). The van der Waals surface area contributed by atoms with E-state index in [0.717, 1.165) is 15.9 Å². The maximum Gasteiger partial charge on any atom is 0.324 e. The number of ether oxygens (including phenoxy) is 1. The summed E-state index contributed by atoms with van der Waals surface area (Å²) in [4.78, 5) is 13.6. The van der Waals surface area contributed by atoms with E-state index in [4.69, 9.17) is 4.74 Å². The van der Waals surface area contributed by atoms with Crippen LogP contribution in [0.25, 0.3) is 0 Å². The van der Waals surface area contributed by atoms with Crippen LogP contribution in [0.5, 0.6) is 5.75 Å². The highest BCUT2D eigenvalue weighted by molar-refractivity contribution is 9.10. The molecule has 3 aromatic carbocycles. The van der Waals surface area contributed by atoms with Crippen LogP contribution < -0.4 is 4.74 Å². The van der Waals surface area contributed by atoms with E-state index in [1.807, 2.05) is 30.3 Å². The van der Waals surface area contributed by atoms with Crippen LogP contribution >= 0.6 is 15.9 Å². The summed E-state index contributed by atoms with van der Waals surface area (Å²) in [6.45, 7) is 1.68. The zero-order chi connectivity index (χ0) is 19.4. The number of carbonyl (C=O) groups is 1. The highest BCUT2D eigenvalue weighted by atomic mass is 79.9. The second-order valence-corrected chi connectivity index (χ2v) is 9.13. The predicted molar refractivity (Wildman–Crippen MR) is 105 cm³/mol. The second kappa shape index (κ2) is 8.67. The topological polar surface area (TPSA) is 26.3 Å². The van der Waals surface area contributed by atoms with Gasteiger partial charge >= 0.3 is 5.97 Å². The zero-order valence-corrected chi connectivity index (χ0v) is 16.8. The quantitative estimate of drug-likeness (QED) is 0.214. The lowest BCUT2D eigenvalue weighted by atomic mass is 10.3. The largest absolute Gasteiger partial charge is 0.426 e. The maximum atomic E-state index is 13.8. The van der Waals surface area contributed by atoms with Crippen LogP contribution in [-0.2, 0) is 15.7 Å². The highest BCUT2D eigenvalue weighted by Gasteiger charge is 2.30. The number of hydrogen-bond acceptors (Lipinski definition) is 2. The number of alkyl halides is 1. The minimum absolute atomic E-state index is 0.392. The van der Waals surface area contributed by atoms with E-state index < -0.39 is 33.3 Å². The molecule has 2 nitrogen and oxygen atoms in total. The summed E-state index contributed by atoms with van der Waals surface area (Å²) in [7, 11) is -0.695. The van der Waals surface area contributed by atoms with Crippen LogP contribution in [0.3, 0.4) is 0 Å². The highest BCUT2D eigenvalue weighted by Crippen LogP contribution is 2.33. The van der Waals surface area contributed by atoms with E-state index in [-0.39, 0.29) is 0 Å². The first-order valence-electron chi connectivity index (χ1n) is 8.15. The zero-order valence-electron chi connectivity index (χ0n) is 14.4. The third-order valence-corrected chi connectivity index (χ3v) is 6.22. The van der Waals surface area contributed by atoms with Crippen molar-refractivity contribution in [2.45, 2.75) is 26.4 Å². The Morgan fingerprint density at radius 2 is 1.44 bits per heavy atom. The molecule has 2 unspecified atom stereocenters. The monoisotopic (exact) mass is 449 g/mol. The first-order chi connectivity index (χ1) is 12.9. The molecule has 0 radical (unpaired) electrons. The summed E-state index contributed by atoms with van der Waals surface area (Å²) in [6, 6.07) is 20.0. The molecular formula is C21H16BrF2O2S+. The molecule has 0 saturated carbocycles. The molecule has 27 heavy (non-hydrogen) atoms. The Morgan fingerprint density at radius 1 is 0.889 bits per heavy atom. The average Bonchev–Trinajstić information content (AvgIpc) is 2.63. The fourth-order valence-corrected chi connectivity index (χ4v) is 4.66. The van der Waals surface area contributed by atoms with Crippen molar-refractivity contribution >= 4 is 32.8 Å². The van der Waals surface area contributed by atoms with Gasteiger partial charge in [-0.05, 0) is 43.3 Å². The van der Waals surface area contributed by atoms with E-state index in [1.54, 1.807) is 31.2 Å². The summed E-state index contributed by atoms with van der Waals surface area (Å²) in [5.74, 6) is -1.21. The molecule has 0 spiro atoms. The molecule has 0 saturated heterocycles. The lowest BCUT2D eigenvalue weighted by Gasteiger charge is -2.10. The molecular weight excluding hydrogens is 434 g/mol. The van der Waals surface area contributed by atoms with Crippen molar-refractivity contribution in [2.24, 2.45) is 0 Å². The average molecular weight is 450 g/mol. The Balaban J connectivity index is 2.00. The summed E-state index contributed by atoms with van der Waals surface area (Å²) in [6.07, 6.45) is 0. The molecule has 0 N–H and O–H groups in total. The first-order valence-corrected chi connectivity index (χ1v) is 10.3. The minimum Gasteiger partial charge on any atom is -0.426 e. The van der Waals surface area contributed by atoms with Crippen molar-refractivity contribution in [3.05, 3.63) is 84.4 Å². The van der Waals surface area contributed by atoms with Gasteiger partial charge in [0.05, 0.1) is 10.9 Å². The number of benzene rings is 3. The van der Waals surface area contributed by atoms with Crippen LogP contribution in [0.15, 0.2) is 87.5 Å². The Bertz CT molecular complexity index is 910. The van der Waals surface area contributed by atoms with Gasteiger partial charge in [-0.25, -0.2) is 8.78 Å². The van der Waals surface area contributed by atoms with Gasteiger partial charge < -0.3 is 4.74 Å². The van der Waals surface area contributed by atoms with Gasteiger partial charge in [-0.15, -0.1) is 0 Å². The van der Waals surface area contributed by atoms with Crippen molar-refractivity contribution in [3.63, 3.8) is 0 Å². The fraction of sp³-hybridized carbons (Fsp3) is 0.0952. The number of halogens is 3. The van der Waals surface area contributed by atoms with Gasteiger partial charge in [0.1, 0.15) is 22.2 Å². The Hall–Kier alpha value is -2.18. The summed E-state index contributed by atoms with van der Waals surface area (Å²) < 4.78 is 32.9. The summed E-state index contributed by atoms with van der Waals surface area (Å²) in [5, 5.41) is 0. The third-order valence-electron chi connectivity index (χ3n) is 3.65. The fourth-order valence-electron chi connectivity index (χ4n) is 2.45. The molecule has 0 fully saturated rings. The van der Waals surface area contributed by atoms with Crippen molar-refractivity contribution in [1.82, 2.24) is 0 Å². The second-order valence-electron chi connectivity index (χ2n) is 5.73. The number of esters is 1. The van der Waals surface area contributed by atoms with Crippen molar-refractivity contribution < 1.29 is 18.3 Å². The molecule has 0 bridgehead atoms. The van der Waals surface area contributed by atoms with Gasteiger partial charge in [-0.1, -0.05) is 34.1 Å². The van der Waals surface area contributed by atoms with E-state index in [9.17, 15) is 13.6 Å². The summed E-state index contributed by atoms with van der Waals surface area (Å²) in [5.41, 5.74) is 0. The molecule has 2 atom stereocenters. The van der Waals surface area contributed by atoms with Gasteiger partial charge in [-0.2, -0.15) is 0 Å². The number of hydrogen-bond donors (Lipinski definition) is 0. The SMILES string of the molecule is CC(Br)C(=O)Oc1ccc([S+](c2ccccc2)c2cc(F)cc(F)c2)cc1. The van der Waals surface area contributed by atoms with Gasteiger partial charge in [-0.3, -0.25) is 4.79 Å². The molecule has 0 aliphatic carbocycles. The molecule has 3 aromatic rings. The lowest BCUT2D eigenvalue weighted by Crippen LogP contribution is -2.17. The van der Waals surface area contributed by atoms with E-state index >= 15 is 0 Å². The Morgan fingerprint density at radius 3 is 2.00 bits per heavy atom. The van der Waals surface area contributed by atoms with Crippen LogP contribution in [0, 0.1) is 11.6 Å². The van der Waals surface area contributed by atoms with Gasteiger partial charge in [0.25, 0.3) is 0 Å². The molecule has 138 valence electrons. The van der Waals surface area contributed by atoms with Crippen LogP contribution in [0.1, 0.15) is 6.92 Å². The number of carbonyl (C=O) groups excluding carboxylic acids is 1. The molecule has 0 aliphatic rings. The van der Waals surface area contributed by atoms with Crippen LogP contribution in [-0.4, -0.2) is 10.8 Å². The van der Waals surface area contributed by atoms with Gasteiger partial charge in [0.2, 0.25) is 0 Å². The lowest BCUT2D eigenvalue weighted by molar-refractivity contribution is -0.133. The molecule has 0 aromatic heterocycles. The van der Waals surface area contributed by atoms with Crippen LogP contribution in [0.2, 0.25) is 0 Å². The van der Waals surface area contributed by atoms with E-state index in [1.165, 1.54) is 12.1 Å². The first kappa shape index (κ1) is 19.6. The molecule has 6 heteroatoms. The smallest absolute Gasteiger partial charge is 0.324 e. The maximum absolute atomic E-state index is 13.8. The Labute approximate surface area is 167 Å². The van der Waals surface area contributed by atoms with Gasteiger partial charge in [0.15, 0.2) is 14.7 Å². The number of rotatable bonds is 5. The predicted octanol–water partition coefficient (Wildman–Crippen LogP) is 5.75. The van der Waals surface area contributed by atoms with Crippen LogP contribution in [0.4, 0.5) is 8.78 Å². The normalized spacial score (nSPS) is 13.0. The van der Waals surface area contributed by atoms with Gasteiger partial charge in [0, 0.05) is 18.2 Å². The standard InChI is InChI=1S/C21H16BrF2O2S/c1-14(22)21(25)26-17-7-9-19(10-8-17)27(18-5-3-2-4-6-18)20-12-15(23)11-16(24)13-20/h2-14H,1H3/q+1. The van der Waals surface area contributed by atoms with E-state index in [0.29, 0.717) is 10.6 Å².